The van der Waals surface area contributed by atoms with Crippen LogP contribution in [0, 0.1) is 0 Å². The third kappa shape index (κ3) is 4.92. The van der Waals surface area contributed by atoms with E-state index >= 15 is 0 Å². The highest BCUT2D eigenvalue weighted by Crippen LogP contribution is 2.53. The molecular weight excluding hydrogens is 717 g/mol. The van der Waals surface area contributed by atoms with Crippen molar-refractivity contribution in [3.63, 3.8) is 0 Å². The second-order valence-electron chi connectivity index (χ2n) is 15.2. The second-order valence-corrected chi connectivity index (χ2v) is 17.4. The van der Waals surface area contributed by atoms with E-state index < -0.39 is 0 Å². The van der Waals surface area contributed by atoms with Crippen molar-refractivity contribution in [2.45, 2.75) is 24.3 Å². The summed E-state index contributed by atoms with van der Waals surface area (Å²) in [6.07, 6.45) is 12.7. The lowest BCUT2D eigenvalue weighted by molar-refractivity contribution is 0.682. The van der Waals surface area contributed by atoms with Gasteiger partial charge in [0.25, 0.3) is 0 Å². The summed E-state index contributed by atoms with van der Waals surface area (Å²) in [6, 6.07) is 59.0. The Kier molecular flexibility index (Phi) is 7.26. The van der Waals surface area contributed by atoms with Crippen molar-refractivity contribution in [1.82, 2.24) is 0 Å². The summed E-state index contributed by atoms with van der Waals surface area (Å²) < 4.78 is 3.98. The van der Waals surface area contributed by atoms with Crippen molar-refractivity contribution >= 4 is 92.5 Å². The van der Waals surface area contributed by atoms with Gasteiger partial charge in [-0.25, -0.2) is 0 Å². The smallest absolute Gasteiger partial charge is 0.0626 e. The fraction of sp³-hybridized carbons (Fsp3) is 0.0769. The Labute approximate surface area is 334 Å². The minimum atomic E-state index is 0.240. The van der Waals surface area contributed by atoms with Gasteiger partial charge in [0, 0.05) is 69.7 Å². The van der Waals surface area contributed by atoms with Crippen LogP contribution in [0.3, 0.4) is 0 Å². The summed E-state index contributed by atoms with van der Waals surface area (Å²) in [5, 5.41) is 6.45. The topological polar surface area (TPSA) is 6.48 Å². The van der Waals surface area contributed by atoms with Crippen molar-refractivity contribution in [1.29, 1.82) is 0 Å². The first-order chi connectivity index (χ1) is 27.8. The van der Waals surface area contributed by atoms with E-state index in [1.807, 2.05) is 22.7 Å². The highest BCUT2D eigenvalue weighted by molar-refractivity contribution is 7.26. The molecule has 7 aromatic carbocycles. The summed E-state index contributed by atoms with van der Waals surface area (Å²) in [6.45, 7) is 0. The molecule has 0 spiro atoms. The van der Waals surface area contributed by atoms with E-state index in [2.05, 4.69) is 198 Å². The summed E-state index contributed by atoms with van der Waals surface area (Å²) in [5.74, 6) is 0.602. The van der Waals surface area contributed by atoms with Crippen LogP contribution in [0.25, 0.3) is 47.1 Å². The van der Waals surface area contributed by atoms with Crippen LogP contribution in [-0.2, 0) is 0 Å². The fourth-order valence-corrected chi connectivity index (χ4v) is 12.1. The van der Waals surface area contributed by atoms with Crippen molar-refractivity contribution in [2.75, 3.05) is 9.80 Å². The van der Waals surface area contributed by atoms with Crippen LogP contribution in [0.4, 0.5) is 22.7 Å². The molecular formula is C52H36N2S2. The fourth-order valence-electron chi connectivity index (χ4n) is 9.62. The molecule has 1 aliphatic heterocycles. The van der Waals surface area contributed by atoms with Crippen LogP contribution in [0.2, 0.25) is 0 Å². The first-order valence-corrected chi connectivity index (χ1v) is 21.1. The van der Waals surface area contributed by atoms with E-state index in [-0.39, 0.29) is 12.0 Å². The summed E-state index contributed by atoms with van der Waals surface area (Å²) in [4.78, 5) is 6.58. The van der Waals surface area contributed by atoms with E-state index in [1.165, 1.54) is 79.7 Å². The molecule has 2 aliphatic carbocycles. The van der Waals surface area contributed by atoms with Gasteiger partial charge in [-0.1, -0.05) is 127 Å². The molecule has 3 heterocycles. The van der Waals surface area contributed by atoms with Gasteiger partial charge >= 0.3 is 0 Å². The van der Waals surface area contributed by atoms with E-state index in [4.69, 9.17) is 0 Å². The molecule has 0 saturated heterocycles. The average molecular weight is 753 g/mol. The lowest BCUT2D eigenvalue weighted by atomic mass is 9.84. The molecule has 9 aromatic rings. The maximum Gasteiger partial charge on any atom is 0.0626 e. The molecule has 0 fully saturated rings. The normalized spacial score (nSPS) is 18.4. The zero-order valence-corrected chi connectivity index (χ0v) is 32.2. The molecule has 4 heteroatoms. The molecule has 2 aromatic heterocycles. The van der Waals surface area contributed by atoms with Crippen LogP contribution in [0.1, 0.15) is 39.8 Å². The molecule has 12 rings (SSSR count). The van der Waals surface area contributed by atoms with Crippen LogP contribution < -0.4 is 9.80 Å². The molecule has 0 amide bonds. The SMILES string of the molecule is C1=CC2c3ccccc3N(C3=Cc4c(sc5ccccc45)C(c4ccc(N(c5ccc6ccccc6c5)c5cccc6sc7ccccc7c56)cc4)C3)C2C=C1. The minimum Gasteiger partial charge on any atom is -0.337 e. The number of allylic oxidation sites excluding steroid dienone is 3. The monoisotopic (exact) mass is 752 g/mol. The number of hydrogen-bond donors (Lipinski definition) is 0. The molecule has 0 saturated carbocycles. The predicted molar refractivity (Wildman–Crippen MR) is 242 cm³/mol. The summed E-state index contributed by atoms with van der Waals surface area (Å²) >= 11 is 3.84. The summed E-state index contributed by atoms with van der Waals surface area (Å²) in [5.41, 5.74) is 10.4. The molecule has 56 heavy (non-hydrogen) atoms. The van der Waals surface area contributed by atoms with E-state index in [0.717, 1.165) is 17.8 Å². The highest BCUT2D eigenvalue weighted by atomic mass is 32.1. The quantitative estimate of drug-likeness (QED) is 0.173. The number of thiophene rings is 2. The van der Waals surface area contributed by atoms with Gasteiger partial charge < -0.3 is 9.80 Å². The zero-order valence-electron chi connectivity index (χ0n) is 30.5. The van der Waals surface area contributed by atoms with Crippen LogP contribution in [-0.4, -0.2) is 6.04 Å². The largest absolute Gasteiger partial charge is 0.337 e. The molecule has 0 bridgehead atoms. The third-order valence-corrected chi connectivity index (χ3v) is 14.6. The Hall–Kier alpha value is -6.20. The van der Waals surface area contributed by atoms with Gasteiger partial charge in [-0.3, -0.25) is 0 Å². The molecule has 3 unspecified atom stereocenters. The van der Waals surface area contributed by atoms with Gasteiger partial charge in [-0.15, -0.1) is 22.7 Å². The first-order valence-electron chi connectivity index (χ1n) is 19.5. The van der Waals surface area contributed by atoms with Crippen molar-refractivity contribution < 1.29 is 0 Å². The van der Waals surface area contributed by atoms with Gasteiger partial charge in [0.05, 0.1) is 11.7 Å². The summed E-state index contributed by atoms with van der Waals surface area (Å²) in [7, 11) is 0. The van der Waals surface area contributed by atoms with Gasteiger partial charge in [0.15, 0.2) is 0 Å². The van der Waals surface area contributed by atoms with E-state index in [9.17, 15) is 0 Å². The highest BCUT2D eigenvalue weighted by Gasteiger charge is 2.40. The lowest BCUT2D eigenvalue weighted by Gasteiger charge is -2.35. The standard InChI is InChI=1S/C52H36N2S2/c1-2-13-35-30-37(29-24-33(35)12-1)53(47-20-11-23-50-51(47)42-17-6-10-22-49(42)55-50)36-27-25-34(26-28-36)43-31-38(32-44-41-16-5-9-21-48(41)56-52(43)44)54-45-18-7-3-14-39(45)40-15-4-8-19-46(40)54/h1-30,32,39,43,45H,31H2. The van der Waals surface area contributed by atoms with Gasteiger partial charge in [0.2, 0.25) is 0 Å². The zero-order chi connectivity index (χ0) is 36.7. The number of hydrogen-bond acceptors (Lipinski definition) is 4. The maximum atomic E-state index is 2.64. The molecule has 266 valence electrons. The van der Waals surface area contributed by atoms with E-state index in [1.54, 1.807) is 0 Å². The Bertz CT molecular complexity index is 3110. The first kappa shape index (κ1) is 32.1. The number of para-hydroxylation sites is 1. The Balaban J connectivity index is 1.00. The Morgan fingerprint density at radius 2 is 1.29 bits per heavy atom. The van der Waals surface area contributed by atoms with Crippen LogP contribution in [0.5, 0.6) is 0 Å². The molecule has 3 aliphatic rings. The molecule has 0 radical (unpaired) electrons. The number of fused-ring (bicyclic) bond motifs is 10. The lowest BCUT2D eigenvalue weighted by Crippen LogP contribution is -2.33. The van der Waals surface area contributed by atoms with Gasteiger partial charge in [-0.05, 0) is 94.6 Å². The average Bonchev–Trinajstić information content (AvgIpc) is 3.94. The number of anilines is 4. The van der Waals surface area contributed by atoms with Crippen LogP contribution in [0.15, 0.2) is 188 Å². The minimum absolute atomic E-state index is 0.240. The molecule has 0 N–H and O–H groups in total. The van der Waals surface area contributed by atoms with Crippen molar-refractivity contribution in [3.8, 4) is 0 Å². The van der Waals surface area contributed by atoms with Gasteiger partial charge in [0.1, 0.15) is 0 Å². The Morgan fingerprint density at radius 3 is 2.18 bits per heavy atom. The number of rotatable bonds is 5. The van der Waals surface area contributed by atoms with Crippen molar-refractivity contribution in [2.24, 2.45) is 0 Å². The number of nitrogens with zero attached hydrogens (tertiary/aromatic N) is 2. The van der Waals surface area contributed by atoms with Crippen molar-refractivity contribution in [3.05, 3.63) is 209 Å². The second kappa shape index (κ2) is 12.7. The number of benzene rings is 7. The third-order valence-electron chi connectivity index (χ3n) is 12.1. The van der Waals surface area contributed by atoms with E-state index in [0.29, 0.717) is 5.92 Å². The predicted octanol–water partition coefficient (Wildman–Crippen LogP) is 14.9. The molecule has 2 nitrogen and oxygen atoms in total. The van der Waals surface area contributed by atoms with Gasteiger partial charge in [-0.2, -0.15) is 0 Å². The maximum absolute atomic E-state index is 2.64. The Morgan fingerprint density at radius 1 is 0.571 bits per heavy atom. The van der Waals surface area contributed by atoms with Crippen LogP contribution >= 0.6 is 22.7 Å². The molecule has 3 atom stereocenters.